The molecule has 0 unspecified atom stereocenters. The number of hydrogen-bond acceptors (Lipinski definition) is 3. The molecule has 1 aromatic carbocycles. The first-order valence-corrected chi connectivity index (χ1v) is 5.76. The summed E-state index contributed by atoms with van der Waals surface area (Å²) in [6.07, 6.45) is 1.48. The topological polar surface area (TPSA) is 66.6 Å². The predicted octanol–water partition coefficient (Wildman–Crippen LogP) is 2.01. The molecule has 0 aromatic heterocycles. The van der Waals surface area contributed by atoms with E-state index in [2.05, 4.69) is 0 Å². The third-order valence-corrected chi connectivity index (χ3v) is 2.72. The lowest BCUT2D eigenvalue weighted by atomic mass is 10.00. The molecule has 0 saturated carbocycles. The summed E-state index contributed by atoms with van der Waals surface area (Å²) in [5.41, 5.74) is 8.27. The minimum Gasteiger partial charge on any atom is -0.481 e. The Morgan fingerprint density at radius 3 is 2.65 bits per heavy atom. The van der Waals surface area contributed by atoms with Crippen LogP contribution in [-0.4, -0.2) is 25.2 Å². The molecule has 0 spiro atoms. The fourth-order valence-electron chi connectivity index (χ4n) is 1.84. The van der Waals surface area contributed by atoms with Crippen LogP contribution in [0.1, 0.15) is 30.9 Å². The van der Waals surface area contributed by atoms with E-state index in [0.717, 1.165) is 11.3 Å². The van der Waals surface area contributed by atoms with E-state index >= 15 is 0 Å². The van der Waals surface area contributed by atoms with Crippen molar-refractivity contribution in [3.63, 3.8) is 0 Å². The molecular weight excluding hydrogens is 216 g/mol. The minimum atomic E-state index is -0.766. The highest BCUT2D eigenvalue weighted by atomic mass is 16.4. The smallest absolute Gasteiger partial charge is 0.303 e. The minimum absolute atomic E-state index is 0.104. The lowest BCUT2D eigenvalue weighted by Crippen LogP contribution is -2.17. The van der Waals surface area contributed by atoms with Crippen molar-refractivity contribution in [2.45, 2.75) is 25.3 Å². The summed E-state index contributed by atoms with van der Waals surface area (Å²) in [6, 6.07) is 7.85. The molecule has 0 fully saturated rings. The van der Waals surface area contributed by atoms with E-state index in [1.807, 2.05) is 43.3 Å². The molecule has 94 valence electrons. The number of nitrogens with two attached hydrogens (primary N) is 1. The molecule has 0 saturated heterocycles. The number of rotatable bonds is 6. The van der Waals surface area contributed by atoms with Gasteiger partial charge in [0, 0.05) is 32.2 Å². The van der Waals surface area contributed by atoms with Gasteiger partial charge in [0.15, 0.2) is 0 Å². The van der Waals surface area contributed by atoms with Gasteiger partial charge >= 0.3 is 5.97 Å². The normalized spacial score (nSPS) is 12.2. The third-order valence-electron chi connectivity index (χ3n) is 2.72. The van der Waals surface area contributed by atoms with Gasteiger partial charge in [0.2, 0.25) is 0 Å². The summed E-state index contributed by atoms with van der Waals surface area (Å²) in [6.45, 7) is 0. The number of benzene rings is 1. The molecular formula is C13H20N2O2. The van der Waals surface area contributed by atoms with E-state index in [-0.39, 0.29) is 12.5 Å². The van der Waals surface area contributed by atoms with Crippen LogP contribution in [0.3, 0.4) is 0 Å². The van der Waals surface area contributed by atoms with Crippen LogP contribution in [0.2, 0.25) is 0 Å². The molecule has 4 nitrogen and oxygen atoms in total. The Balaban J connectivity index is 2.68. The number of nitrogens with zero attached hydrogens (tertiary/aromatic N) is 1. The monoisotopic (exact) mass is 236 g/mol. The number of anilines is 1. The molecule has 0 aliphatic rings. The molecule has 1 atom stereocenters. The molecule has 0 aliphatic heterocycles. The second-order valence-electron chi connectivity index (χ2n) is 4.35. The maximum absolute atomic E-state index is 10.4. The second kappa shape index (κ2) is 6.25. The molecule has 0 amide bonds. The first-order chi connectivity index (χ1) is 8.02. The van der Waals surface area contributed by atoms with Gasteiger partial charge in [-0.15, -0.1) is 0 Å². The van der Waals surface area contributed by atoms with Gasteiger partial charge in [-0.1, -0.05) is 18.2 Å². The van der Waals surface area contributed by atoms with Gasteiger partial charge in [-0.2, -0.15) is 0 Å². The van der Waals surface area contributed by atoms with Crippen molar-refractivity contribution < 1.29 is 9.90 Å². The van der Waals surface area contributed by atoms with E-state index in [1.165, 1.54) is 0 Å². The fraction of sp³-hybridized carbons (Fsp3) is 0.462. The first-order valence-electron chi connectivity index (χ1n) is 5.76. The van der Waals surface area contributed by atoms with Crippen LogP contribution in [0.25, 0.3) is 0 Å². The zero-order valence-corrected chi connectivity index (χ0v) is 10.4. The van der Waals surface area contributed by atoms with Gasteiger partial charge in [-0.05, 0) is 24.5 Å². The Bertz CT molecular complexity index is 377. The molecule has 0 radical (unpaired) electrons. The van der Waals surface area contributed by atoms with Crippen molar-refractivity contribution in [2.75, 3.05) is 19.0 Å². The Hall–Kier alpha value is -1.55. The zero-order valence-electron chi connectivity index (χ0n) is 10.4. The van der Waals surface area contributed by atoms with Crippen LogP contribution in [0.15, 0.2) is 24.3 Å². The summed E-state index contributed by atoms with van der Waals surface area (Å²) in [7, 11) is 3.95. The SMILES string of the molecule is CN(C)c1ccccc1[C@@H](N)CCCC(=O)O. The molecule has 3 N–H and O–H groups in total. The molecule has 17 heavy (non-hydrogen) atoms. The Labute approximate surface area is 102 Å². The third kappa shape index (κ3) is 4.07. The summed E-state index contributed by atoms with van der Waals surface area (Å²) in [5.74, 6) is -0.766. The van der Waals surface area contributed by atoms with Crippen LogP contribution >= 0.6 is 0 Å². The van der Waals surface area contributed by atoms with E-state index in [4.69, 9.17) is 10.8 Å². The summed E-state index contributed by atoms with van der Waals surface area (Å²) >= 11 is 0. The number of hydrogen-bond donors (Lipinski definition) is 2. The van der Waals surface area contributed by atoms with Crippen molar-refractivity contribution in [3.05, 3.63) is 29.8 Å². The maximum Gasteiger partial charge on any atom is 0.303 e. The highest BCUT2D eigenvalue weighted by Crippen LogP contribution is 2.26. The molecule has 4 heteroatoms. The molecule has 0 aliphatic carbocycles. The summed E-state index contributed by atoms with van der Waals surface area (Å²) in [4.78, 5) is 12.5. The van der Waals surface area contributed by atoms with Crippen molar-refractivity contribution >= 4 is 11.7 Å². The van der Waals surface area contributed by atoms with Gasteiger partial charge in [0.1, 0.15) is 0 Å². The van der Waals surface area contributed by atoms with Crippen molar-refractivity contribution in [1.82, 2.24) is 0 Å². The average Bonchev–Trinajstić information content (AvgIpc) is 2.28. The van der Waals surface area contributed by atoms with E-state index in [9.17, 15) is 4.79 Å². The lowest BCUT2D eigenvalue weighted by molar-refractivity contribution is -0.137. The molecule has 0 heterocycles. The van der Waals surface area contributed by atoms with Crippen molar-refractivity contribution in [3.8, 4) is 0 Å². The van der Waals surface area contributed by atoms with Gasteiger partial charge in [-0.3, -0.25) is 4.79 Å². The largest absolute Gasteiger partial charge is 0.481 e. The van der Waals surface area contributed by atoms with Crippen LogP contribution in [0.4, 0.5) is 5.69 Å². The first kappa shape index (κ1) is 13.5. The number of aliphatic carboxylic acids is 1. The highest BCUT2D eigenvalue weighted by Gasteiger charge is 2.12. The average molecular weight is 236 g/mol. The predicted molar refractivity (Wildman–Crippen MR) is 69.2 cm³/mol. The molecule has 1 aromatic rings. The Morgan fingerprint density at radius 1 is 1.41 bits per heavy atom. The van der Waals surface area contributed by atoms with Gasteiger partial charge in [0.05, 0.1) is 0 Å². The Morgan fingerprint density at radius 2 is 2.06 bits per heavy atom. The van der Waals surface area contributed by atoms with E-state index in [0.29, 0.717) is 12.8 Å². The van der Waals surface area contributed by atoms with Crippen LogP contribution in [-0.2, 0) is 4.79 Å². The fourth-order valence-corrected chi connectivity index (χ4v) is 1.84. The van der Waals surface area contributed by atoms with Gasteiger partial charge in [0.25, 0.3) is 0 Å². The number of carbonyl (C=O) groups is 1. The number of para-hydroxylation sites is 1. The maximum atomic E-state index is 10.4. The van der Waals surface area contributed by atoms with Crippen LogP contribution in [0.5, 0.6) is 0 Å². The summed E-state index contributed by atoms with van der Waals surface area (Å²) in [5, 5.41) is 8.59. The Kier molecular flexibility index (Phi) is 4.97. The van der Waals surface area contributed by atoms with E-state index in [1.54, 1.807) is 0 Å². The quantitative estimate of drug-likeness (QED) is 0.793. The standard InChI is InChI=1S/C13H20N2O2/c1-15(2)12-8-4-3-6-10(12)11(14)7-5-9-13(16)17/h3-4,6,8,11H,5,7,9,14H2,1-2H3,(H,16,17)/t11-/m0/s1. The van der Waals surface area contributed by atoms with Crippen LogP contribution < -0.4 is 10.6 Å². The highest BCUT2D eigenvalue weighted by molar-refractivity contribution is 5.66. The summed E-state index contributed by atoms with van der Waals surface area (Å²) < 4.78 is 0. The second-order valence-corrected chi connectivity index (χ2v) is 4.35. The molecule has 1 rings (SSSR count). The lowest BCUT2D eigenvalue weighted by Gasteiger charge is -2.21. The number of carboxylic acids is 1. The van der Waals surface area contributed by atoms with Gasteiger partial charge < -0.3 is 15.7 Å². The van der Waals surface area contributed by atoms with Crippen molar-refractivity contribution in [2.24, 2.45) is 5.73 Å². The van der Waals surface area contributed by atoms with Crippen LogP contribution in [0, 0.1) is 0 Å². The molecule has 0 bridgehead atoms. The van der Waals surface area contributed by atoms with E-state index < -0.39 is 5.97 Å². The zero-order chi connectivity index (χ0) is 12.8. The van der Waals surface area contributed by atoms with Crippen molar-refractivity contribution in [1.29, 1.82) is 0 Å². The van der Waals surface area contributed by atoms with Gasteiger partial charge in [-0.25, -0.2) is 0 Å². The number of carboxylic acid groups (broad SMARTS) is 1.